The maximum Gasteiger partial charge on any atom is 0.262 e. The highest BCUT2D eigenvalue weighted by Gasteiger charge is 2.22. The summed E-state index contributed by atoms with van der Waals surface area (Å²) in [5.41, 5.74) is 1.59. The zero-order valence-electron chi connectivity index (χ0n) is 14.6. The Morgan fingerprint density at radius 2 is 1.73 bits per heavy atom. The lowest BCUT2D eigenvalue weighted by Crippen LogP contribution is -2.16. The third-order valence-corrected chi connectivity index (χ3v) is 5.38. The summed E-state index contributed by atoms with van der Waals surface area (Å²) in [7, 11) is -0.875. The van der Waals surface area contributed by atoms with Crippen molar-refractivity contribution in [2.45, 2.75) is 11.8 Å². The minimum absolute atomic E-state index is 0.116. The number of nitrogens with zero attached hydrogens (tertiary/aromatic N) is 2. The summed E-state index contributed by atoms with van der Waals surface area (Å²) < 4.78 is 40.6. The second kappa shape index (κ2) is 7.09. The molecule has 0 atom stereocenters. The van der Waals surface area contributed by atoms with Crippen molar-refractivity contribution in [3.05, 3.63) is 60.4 Å². The molecule has 0 unspecified atom stereocenters. The number of aryl methyl sites for hydroxylation is 1. The lowest BCUT2D eigenvalue weighted by atomic mass is 10.2. The summed E-state index contributed by atoms with van der Waals surface area (Å²) in [5, 5.41) is 4.16. The largest absolute Gasteiger partial charge is 0.493 e. The minimum Gasteiger partial charge on any atom is -0.493 e. The zero-order valence-corrected chi connectivity index (χ0v) is 15.4. The van der Waals surface area contributed by atoms with E-state index in [1.54, 1.807) is 54.3 Å². The van der Waals surface area contributed by atoms with Crippen molar-refractivity contribution in [3.8, 4) is 17.2 Å². The number of rotatable bonds is 6. The molecular weight excluding hydrogens is 354 g/mol. The first-order chi connectivity index (χ1) is 12.5. The van der Waals surface area contributed by atoms with Crippen LogP contribution in [0.3, 0.4) is 0 Å². The number of ether oxygens (including phenoxy) is 2. The summed E-state index contributed by atoms with van der Waals surface area (Å²) in [4.78, 5) is 0.116. The third kappa shape index (κ3) is 3.36. The van der Waals surface area contributed by atoms with Crippen molar-refractivity contribution < 1.29 is 17.9 Å². The van der Waals surface area contributed by atoms with Gasteiger partial charge in [-0.3, -0.25) is 4.72 Å². The number of anilines is 1. The van der Waals surface area contributed by atoms with E-state index in [9.17, 15) is 8.42 Å². The van der Waals surface area contributed by atoms with E-state index >= 15 is 0 Å². The highest BCUT2D eigenvalue weighted by Crippen LogP contribution is 2.33. The molecule has 0 aliphatic rings. The quantitative estimate of drug-likeness (QED) is 0.718. The van der Waals surface area contributed by atoms with Gasteiger partial charge in [0.15, 0.2) is 11.5 Å². The molecule has 0 amide bonds. The van der Waals surface area contributed by atoms with E-state index in [1.807, 2.05) is 6.07 Å². The van der Waals surface area contributed by atoms with Crippen molar-refractivity contribution in [2.75, 3.05) is 18.9 Å². The van der Waals surface area contributed by atoms with E-state index in [1.165, 1.54) is 20.3 Å². The molecule has 3 rings (SSSR count). The molecule has 0 spiro atoms. The Bertz CT molecular complexity index is 1010. The third-order valence-electron chi connectivity index (χ3n) is 3.87. The Kier molecular flexibility index (Phi) is 4.85. The fourth-order valence-corrected chi connectivity index (χ4v) is 3.94. The molecule has 1 heterocycles. The number of hydrogen-bond acceptors (Lipinski definition) is 5. The van der Waals surface area contributed by atoms with Crippen LogP contribution in [0.2, 0.25) is 0 Å². The molecule has 1 aromatic heterocycles. The molecule has 8 heteroatoms. The van der Waals surface area contributed by atoms with Crippen LogP contribution in [0, 0.1) is 6.92 Å². The number of methoxy groups -OCH3 is 2. The van der Waals surface area contributed by atoms with E-state index in [2.05, 4.69) is 9.82 Å². The average Bonchev–Trinajstić information content (AvgIpc) is 3.15. The van der Waals surface area contributed by atoms with Crippen molar-refractivity contribution in [2.24, 2.45) is 0 Å². The number of aromatic nitrogens is 2. The second-order valence-corrected chi connectivity index (χ2v) is 7.20. The first-order valence-corrected chi connectivity index (χ1v) is 9.29. The SMILES string of the molecule is COc1cc(C)c(S(=O)(=O)Nc2ccccc2-n2cccn2)cc1OC. The van der Waals surface area contributed by atoms with Crippen LogP contribution >= 0.6 is 0 Å². The zero-order chi connectivity index (χ0) is 18.7. The van der Waals surface area contributed by atoms with Gasteiger partial charge >= 0.3 is 0 Å². The molecule has 3 aromatic rings. The van der Waals surface area contributed by atoms with E-state index in [4.69, 9.17) is 9.47 Å². The molecule has 136 valence electrons. The Balaban J connectivity index is 2.04. The number of para-hydroxylation sites is 2. The van der Waals surface area contributed by atoms with Gasteiger partial charge < -0.3 is 9.47 Å². The van der Waals surface area contributed by atoms with Crippen molar-refractivity contribution in [3.63, 3.8) is 0 Å². The molecule has 1 N–H and O–H groups in total. The van der Waals surface area contributed by atoms with E-state index in [-0.39, 0.29) is 4.90 Å². The number of benzene rings is 2. The number of nitrogens with one attached hydrogen (secondary N) is 1. The molecule has 0 bridgehead atoms. The maximum atomic E-state index is 13.0. The first-order valence-electron chi connectivity index (χ1n) is 7.81. The Morgan fingerprint density at radius 3 is 2.38 bits per heavy atom. The average molecular weight is 373 g/mol. The maximum absolute atomic E-state index is 13.0. The van der Waals surface area contributed by atoms with Crippen LogP contribution < -0.4 is 14.2 Å². The van der Waals surface area contributed by atoms with Gasteiger partial charge in [0.2, 0.25) is 0 Å². The van der Waals surface area contributed by atoms with Gasteiger partial charge in [0.05, 0.1) is 30.5 Å². The summed E-state index contributed by atoms with van der Waals surface area (Å²) in [5.74, 6) is 0.819. The van der Waals surface area contributed by atoms with Crippen LogP contribution in [-0.4, -0.2) is 32.4 Å². The van der Waals surface area contributed by atoms with Crippen LogP contribution in [0.4, 0.5) is 5.69 Å². The molecule has 0 saturated carbocycles. The lowest BCUT2D eigenvalue weighted by molar-refractivity contribution is 0.353. The van der Waals surface area contributed by atoms with Crippen LogP contribution in [0.1, 0.15) is 5.56 Å². The molecule has 0 aliphatic heterocycles. The summed E-state index contributed by atoms with van der Waals surface area (Å²) >= 11 is 0. The molecular formula is C18H19N3O4S. The first kappa shape index (κ1) is 17.8. The number of sulfonamides is 1. The van der Waals surface area contributed by atoms with Crippen LogP contribution in [-0.2, 0) is 10.0 Å². The molecule has 0 radical (unpaired) electrons. The molecule has 26 heavy (non-hydrogen) atoms. The van der Waals surface area contributed by atoms with Crippen LogP contribution in [0.25, 0.3) is 5.69 Å². The summed E-state index contributed by atoms with van der Waals surface area (Å²) in [6.45, 7) is 1.70. The summed E-state index contributed by atoms with van der Waals surface area (Å²) in [6.07, 6.45) is 3.37. The van der Waals surface area contributed by atoms with Crippen LogP contribution in [0.5, 0.6) is 11.5 Å². The van der Waals surface area contributed by atoms with Crippen LogP contribution in [0.15, 0.2) is 59.8 Å². The fraction of sp³-hybridized carbons (Fsp3) is 0.167. The normalized spacial score (nSPS) is 11.2. The van der Waals surface area contributed by atoms with E-state index < -0.39 is 10.0 Å². The second-order valence-electron chi connectivity index (χ2n) is 5.55. The predicted octanol–water partition coefficient (Wildman–Crippen LogP) is 3.00. The van der Waals surface area contributed by atoms with Gasteiger partial charge in [-0.25, -0.2) is 13.1 Å². The number of hydrogen-bond donors (Lipinski definition) is 1. The van der Waals surface area contributed by atoms with Crippen molar-refractivity contribution in [1.29, 1.82) is 0 Å². The van der Waals surface area contributed by atoms with Gasteiger partial charge in [-0.2, -0.15) is 5.10 Å². The van der Waals surface area contributed by atoms with Gasteiger partial charge in [-0.1, -0.05) is 12.1 Å². The Hall–Kier alpha value is -3.00. The predicted molar refractivity (Wildman–Crippen MR) is 98.7 cm³/mol. The van der Waals surface area contributed by atoms with Gasteiger partial charge in [-0.05, 0) is 36.8 Å². The fourth-order valence-electron chi connectivity index (χ4n) is 2.62. The molecule has 7 nitrogen and oxygen atoms in total. The molecule has 0 aliphatic carbocycles. The smallest absolute Gasteiger partial charge is 0.262 e. The van der Waals surface area contributed by atoms with Gasteiger partial charge in [0.25, 0.3) is 10.0 Å². The van der Waals surface area contributed by atoms with Crippen molar-refractivity contribution >= 4 is 15.7 Å². The van der Waals surface area contributed by atoms with Gasteiger partial charge in [-0.15, -0.1) is 0 Å². The van der Waals surface area contributed by atoms with E-state index in [0.717, 1.165) is 0 Å². The highest BCUT2D eigenvalue weighted by atomic mass is 32.2. The topological polar surface area (TPSA) is 82.5 Å². The minimum atomic E-state index is -3.84. The monoisotopic (exact) mass is 373 g/mol. The molecule has 0 fully saturated rings. The Labute approximate surface area is 152 Å². The van der Waals surface area contributed by atoms with Gasteiger partial charge in [0, 0.05) is 18.5 Å². The molecule has 0 saturated heterocycles. The summed E-state index contributed by atoms with van der Waals surface area (Å²) in [6, 6.07) is 11.9. The molecule has 2 aromatic carbocycles. The van der Waals surface area contributed by atoms with Gasteiger partial charge in [0.1, 0.15) is 0 Å². The van der Waals surface area contributed by atoms with Crippen molar-refractivity contribution in [1.82, 2.24) is 9.78 Å². The lowest BCUT2D eigenvalue weighted by Gasteiger charge is -2.16. The Morgan fingerprint density at radius 1 is 1.04 bits per heavy atom. The standard InChI is InChI=1S/C18H19N3O4S/c1-13-11-16(24-2)17(25-3)12-18(13)26(22,23)20-14-7-4-5-8-15(14)21-10-6-9-19-21/h4-12,20H,1-3H3. The van der Waals surface area contributed by atoms with E-state index in [0.29, 0.717) is 28.4 Å². The highest BCUT2D eigenvalue weighted by molar-refractivity contribution is 7.92.